The molecule has 1 amide bonds. The number of halogens is 3. The SMILES string of the molecule is C[C@H]1CN(C(=O)c2cncc(Br)c2)CCN1.Cl.Cl. The molecule has 2 rings (SSSR count). The van der Waals surface area contributed by atoms with Crippen molar-refractivity contribution in [1.29, 1.82) is 0 Å². The molecule has 1 fully saturated rings. The molecule has 1 aromatic heterocycles. The molecule has 1 N–H and O–H groups in total. The van der Waals surface area contributed by atoms with Gasteiger partial charge in [-0.3, -0.25) is 9.78 Å². The van der Waals surface area contributed by atoms with E-state index in [1.165, 1.54) is 0 Å². The lowest BCUT2D eigenvalue weighted by Crippen LogP contribution is -2.51. The number of carbonyl (C=O) groups is 1. The third kappa shape index (κ3) is 4.39. The maximum Gasteiger partial charge on any atom is 0.255 e. The molecule has 1 aliphatic rings. The Morgan fingerprint density at radius 2 is 2.22 bits per heavy atom. The summed E-state index contributed by atoms with van der Waals surface area (Å²) in [6.07, 6.45) is 3.29. The van der Waals surface area contributed by atoms with Gasteiger partial charge in [0.05, 0.1) is 5.56 Å². The van der Waals surface area contributed by atoms with Gasteiger partial charge in [-0.1, -0.05) is 0 Å². The smallest absolute Gasteiger partial charge is 0.255 e. The zero-order valence-corrected chi connectivity index (χ0v) is 13.1. The second-order valence-corrected chi connectivity index (χ2v) is 4.91. The highest BCUT2D eigenvalue weighted by atomic mass is 79.9. The molecular weight excluding hydrogens is 341 g/mol. The number of hydrogen-bond donors (Lipinski definition) is 1. The number of amides is 1. The average Bonchev–Trinajstić information content (AvgIpc) is 2.28. The van der Waals surface area contributed by atoms with E-state index in [0.717, 1.165) is 24.1 Å². The molecule has 0 aliphatic carbocycles. The van der Waals surface area contributed by atoms with E-state index >= 15 is 0 Å². The molecule has 102 valence electrons. The molecule has 18 heavy (non-hydrogen) atoms. The lowest BCUT2D eigenvalue weighted by Gasteiger charge is -2.31. The van der Waals surface area contributed by atoms with Gasteiger partial charge < -0.3 is 10.2 Å². The average molecular weight is 357 g/mol. The number of piperazine rings is 1. The molecule has 1 aliphatic heterocycles. The van der Waals surface area contributed by atoms with Crippen molar-refractivity contribution in [3.63, 3.8) is 0 Å². The molecule has 1 saturated heterocycles. The van der Waals surface area contributed by atoms with Gasteiger partial charge in [-0.2, -0.15) is 0 Å². The molecule has 0 unspecified atom stereocenters. The fourth-order valence-electron chi connectivity index (χ4n) is 1.83. The highest BCUT2D eigenvalue weighted by molar-refractivity contribution is 9.10. The first-order valence-electron chi connectivity index (χ1n) is 5.30. The van der Waals surface area contributed by atoms with E-state index in [0.29, 0.717) is 11.6 Å². The minimum atomic E-state index is 0. The minimum absolute atomic E-state index is 0. The largest absolute Gasteiger partial charge is 0.336 e. The zero-order valence-electron chi connectivity index (χ0n) is 9.93. The van der Waals surface area contributed by atoms with Crippen molar-refractivity contribution in [2.24, 2.45) is 0 Å². The van der Waals surface area contributed by atoms with Crippen molar-refractivity contribution in [2.75, 3.05) is 19.6 Å². The van der Waals surface area contributed by atoms with Gasteiger partial charge in [0.25, 0.3) is 5.91 Å². The second kappa shape index (κ2) is 7.94. The van der Waals surface area contributed by atoms with Crippen molar-refractivity contribution >= 4 is 46.7 Å². The Morgan fingerprint density at radius 1 is 1.50 bits per heavy atom. The van der Waals surface area contributed by atoms with Crippen LogP contribution < -0.4 is 5.32 Å². The quantitative estimate of drug-likeness (QED) is 0.838. The van der Waals surface area contributed by atoms with Crippen molar-refractivity contribution in [3.8, 4) is 0 Å². The molecule has 0 radical (unpaired) electrons. The standard InChI is InChI=1S/C11H14BrN3O.2ClH/c1-8-7-15(3-2-14-8)11(16)9-4-10(12)6-13-5-9;;/h4-6,8,14H,2-3,7H2,1H3;2*1H/t8-;;/m0../s1. The maximum absolute atomic E-state index is 12.1. The van der Waals surface area contributed by atoms with Crippen LogP contribution in [0.4, 0.5) is 0 Å². The van der Waals surface area contributed by atoms with E-state index in [1.807, 2.05) is 11.0 Å². The van der Waals surface area contributed by atoms with Gasteiger partial charge in [0.2, 0.25) is 0 Å². The van der Waals surface area contributed by atoms with Crippen LogP contribution >= 0.6 is 40.7 Å². The highest BCUT2D eigenvalue weighted by Gasteiger charge is 2.21. The molecular formula is C11H16BrCl2N3O. The lowest BCUT2D eigenvalue weighted by molar-refractivity contribution is 0.0708. The van der Waals surface area contributed by atoms with Crippen LogP contribution in [-0.4, -0.2) is 41.5 Å². The maximum atomic E-state index is 12.1. The summed E-state index contributed by atoms with van der Waals surface area (Å²) < 4.78 is 0.835. The zero-order chi connectivity index (χ0) is 11.5. The normalized spacial score (nSPS) is 18.6. The van der Waals surface area contributed by atoms with Gasteiger partial charge in [0.1, 0.15) is 0 Å². The third-order valence-corrected chi connectivity index (χ3v) is 3.04. The van der Waals surface area contributed by atoms with Crippen LogP contribution in [-0.2, 0) is 0 Å². The predicted molar refractivity (Wildman–Crippen MR) is 79.8 cm³/mol. The first-order valence-corrected chi connectivity index (χ1v) is 6.09. The molecule has 1 atom stereocenters. The van der Waals surface area contributed by atoms with Crippen molar-refractivity contribution < 1.29 is 4.79 Å². The minimum Gasteiger partial charge on any atom is -0.336 e. The molecule has 0 spiro atoms. The summed E-state index contributed by atoms with van der Waals surface area (Å²) in [5.74, 6) is 0.0575. The van der Waals surface area contributed by atoms with Crippen LogP contribution in [0.1, 0.15) is 17.3 Å². The number of aromatic nitrogens is 1. The molecule has 0 saturated carbocycles. The second-order valence-electron chi connectivity index (χ2n) is 4.00. The Hall–Kier alpha value is -0.360. The predicted octanol–water partition coefficient (Wildman–Crippen LogP) is 2.12. The fraction of sp³-hybridized carbons (Fsp3) is 0.455. The number of rotatable bonds is 1. The van der Waals surface area contributed by atoms with Crippen LogP contribution in [0.3, 0.4) is 0 Å². The van der Waals surface area contributed by atoms with Crippen LogP contribution in [0.15, 0.2) is 22.9 Å². The summed E-state index contributed by atoms with van der Waals surface area (Å²) in [7, 11) is 0. The van der Waals surface area contributed by atoms with E-state index in [2.05, 4.69) is 33.2 Å². The summed E-state index contributed by atoms with van der Waals surface area (Å²) in [5.41, 5.74) is 0.642. The van der Waals surface area contributed by atoms with Crippen LogP contribution in [0.5, 0.6) is 0 Å². The van der Waals surface area contributed by atoms with Crippen molar-refractivity contribution in [1.82, 2.24) is 15.2 Å². The molecule has 7 heteroatoms. The monoisotopic (exact) mass is 355 g/mol. The summed E-state index contributed by atoms with van der Waals surface area (Å²) in [6.45, 7) is 4.45. The van der Waals surface area contributed by atoms with E-state index in [9.17, 15) is 4.79 Å². The lowest BCUT2D eigenvalue weighted by atomic mass is 10.2. The third-order valence-electron chi connectivity index (χ3n) is 2.61. The molecule has 4 nitrogen and oxygen atoms in total. The Kier molecular flexibility index (Phi) is 7.78. The topological polar surface area (TPSA) is 45.2 Å². The van der Waals surface area contributed by atoms with Gasteiger partial charge in [0.15, 0.2) is 0 Å². The van der Waals surface area contributed by atoms with Gasteiger partial charge in [0, 0.05) is 42.5 Å². The molecule has 0 aromatic carbocycles. The van der Waals surface area contributed by atoms with Crippen LogP contribution in [0.2, 0.25) is 0 Å². The number of hydrogen-bond acceptors (Lipinski definition) is 3. The number of pyridine rings is 1. The Labute approximate surface area is 127 Å². The van der Waals surface area contributed by atoms with E-state index < -0.39 is 0 Å². The number of nitrogens with zero attached hydrogens (tertiary/aromatic N) is 2. The Bertz CT molecular complexity index is 406. The van der Waals surface area contributed by atoms with Crippen molar-refractivity contribution in [3.05, 3.63) is 28.5 Å². The van der Waals surface area contributed by atoms with Gasteiger partial charge in [-0.15, -0.1) is 24.8 Å². The fourth-order valence-corrected chi connectivity index (χ4v) is 2.19. The molecule has 0 bridgehead atoms. The summed E-state index contributed by atoms with van der Waals surface area (Å²) in [6, 6.07) is 2.17. The van der Waals surface area contributed by atoms with E-state index in [4.69, 9.17) is 0 Å². The highest BCUT2D eigenvalue weighted by Crippen LogP contribution is 2.12. The van der Waals surface area contributed by atoms with Gasteiger partial charge in [-0.25, -0.2) is 0 Å². The van der Waals surface area contributed by atoms with Crippen LogP contribution in [0.25, 0.3) is 0 Å². The summed E-state index contributed by atoms with van der Waals surface area (Å²) in [5, 5.41) is 3.31. The van der Waals surface area contributed by atoms with E-state index in [-0.39, 0.29) is 30.7 Å². The van der Waals surface area contributed by atoms with Crippen LogP contribution in [0, 0.1) is 0 Å². The summed E-state index contributed by atoms with van der Waals surface area (Å²) in [4.78, 5) is 18.0. The Morgan fingerprint density at radius 3 is 2.83 bits per heavy atom. The number of nitrogens with one attached hydrogen (secondary N) is 1. The van der Waals surface area contributed by atoms with Gasteiger partial charge >= 0.3 is 0 Å². The van der Waals surface area contributed by atoms with Crippen molar-refractivity contribution in [2.45, 2.75) is 13.0 Å². The first-order chi connectivity index (χ1) is 7.66. The molecule has 1 aromatic rings. The summed E-state index contributed by atoms with van der Waals surface area (Å²) >= 11 is 3.32. The number of carbonyl (C=O) groups excluding carboxylic acids is 1. The van der Waals surface area contributed by atoms with E-state index in [1.54, 1.807) is 12.4 Å². The van der Waals surface area contributed by atoms with Gasteiger partial charge in [-0.05, 0) is 28.9 Å². The Balaban J connectivity index is 0.00000144. The first kappa shape index (κ1) is 17.6. The molecule has 2 heterocycles.